The molecule has 2 aromatic rings. The van der Waals surface area contributed by atoms with Gasteiger partial charge in [-0.3, -0.25) is 10.2 Å². The quantitative estimate of drug-likeness (QED) is 0.443. The number of hydrogen-bond acceptors (Lipinski definition) is 7. The van der Waals surface area contributed by atoms with Crippen LogP contribution in [0.1, 0.15) is 18.9 Å². The highest BCUT2D eigenvalue weighted by molar-refractivity contribution is 6.32. The Bertz CT molecular complexity index is 1200. The van der Waals surface area contributed by atoms with Gasteiger partial charge in [0.1, 0.15) is 17.3 Å². The first-order chi connectivity index (χ1) is 16.5. The van der Waals surface area contributed by atoms with E-state index in [-0.39, 0.29) is 11.4 Å². The topological polar surface area (TPSA) is 103 Å². The predicted molar refractivity (Wildman–Crippen MR) is 126 cm³/mol. The van der Waals surface area contributed by atoms with Crippen LogP contribution in [0.3, 0.4) is 0 Å². The van der Waals surface area contributed by atoms with Crippen molar-refractivity contribution in [2.75, 3.05) is 27.4 Å². The summed E-state index contributed by atoms with van der Waals surface area (Å²) in [6.07, 6.45) is 3.86. The van der Waals surface area contributed by atoms with Gasteiger partial charge >= 0.3 is 0 Å². The second-order valence-corrected chi connectivity index (χ2v) is 7.46. The summed E-state index contributed by atoms with van der Waals surface area (Å²) in [5.41, 5.74) is 0.790. The Morgan fingerprint density at radius 1 is 1.03 bits per heavy atom. The Balaban J connectivity index is 1.36. The van der Waals surface area contributed by atoms with E-state index < -0.39 is 5.91 Å². The first kappa shape index (κ1) is 22.9. The number of aliphatic imine (C=N–C) groups is 1. The zero-order valence-corrected chi connectivity index (χ0v) is 19.2. The van der Waals surface area contributed by atoms with Crippen LogP contribution in [0, 0.1) is 5.41 Å². The molecule has 2 aromatic carbocycles. The Hall–Kier alpha value is -4.27. The highest BCUT2D eigenvalue weighted by Gasteiger charge is 2.34. The number of hydroxylamine groups is 2. The summed E-state index contributed by atoms with van der Waals surface area (Å²) in [7, 11) is 3.16. The first-order valence-corrected chi connectivity index (χ1v) is 10.7. The van der Waals surface area contributed by atoms with E-state index in [1.165, 1.54) is 5.06 Å². The van der Waals surface area contributed by atoms with E-state index in [0.717, 1.165) is 11.5 Å². The maximum Gasteiger partial charge on any atom is 0.282 e. The number of nitrogens with zero attached hydrogens (tertiary/aromatic N) is 2. The van der Waals surface area contributed by atoms with Crippen LogP contribution in [0.2, 0.25) is 0 Å². The van der Waals surface area contributed by atoms with E-state index in [0.29, 0.717) is 48.3 Å². The number of amides is 1. The number of carbonyl (C=O) groups is 1. The third kappa shape index (κ3) is 5.03. The van der Waals surface area contributed by atoms with Crippen LogP contribution < -0.4 is 18.9 Å². The zero-order valence-electron chi connectivity index (χ0n) is 19.2. The summed E-state index contributed by atoms with van der Waals surface area (Å²) < 4.78 is 22.2. The molecule has 0 aromatic heterocycles. The third-order valence-corrected chi connectivity index (χ3v) is 5.04. The van der Waals surface area contributed by atoms with Crippen molar-refractivity contribution >= 4 is 23.7 Å². The largest absolute Gasteiger partial charge is 0.497 e. The van der Waals surface area contributed by atoms with Gasteiger partial charge in [-0.25, -0.2) is 0 Å². The van der Waals surface area contributed by atoms with E-state index in [4.69, 9.17) is 29.2 Å². The van der Waals surface area contributed by atoms with Gasteiger partial charge < -0.3 is 23.8 Å². The van der Waals surface area contributed by atoms with Crippen LogP contribution in [-0.2, 0) is 9.63 Å². The predicted octanol–water partition coefficient (Wildman–Crippen LogP) is 4.00. The fourth-order valence-corrected chi connectivity index (χ4v) is 3.38. The van der Waals surface area contributed by atoms with Gasteiger partial charge in [0, 0.05) is 18.6 Å². The molecule has 0 fully saturated rings. The van der Waals surface area contributed by atoms with Crippen LogP contribution in [0.25, 0.3) is 6.08 Å². The number of benzene rings is 2. The number of hydrogen-bond donors (Lipinski definition) is 1. The minimum atomic E-state index is -0.499. The van der Waals surface area contributed by atoms with E-state index in [1.807, 2.05) is 24.3 Å². The normalized spacial score (nSPS) is 16.0. The van der Waals surface area contributed by atoms with Gasteiger partial charge in [0.05, 0.1) is 33.0 Å². The van der Waals surface area contributed by atoms with Crippen molar-refractivity contribution in [3.63, 3.8) is 0 Å². The summed E-state index contributed by atoms with van der Waals surface area (Å²) in [5, 5.41) is 9.55. The lowest BCUT2D eigenvalue weighted by Gasteiger charge is -2.23. The zero-order chi connectivity index (χ0) is 24.1. The van der Waals surface area contributed by atoms with Gasteiger partial charge in [0.15, 0.2) is 23.2 Å². The van der Waals surface area contributed by atoms with Crippen molar-refractivity contribution in [3.05, 3.63) is 65.4 Å². The molecular formula is C25H25N3O6. The van der Waals surface area contributed by atoms with Crippen molar-refractivity contribution in [3.8, 4) is 23.0 Å². The lowest BCUT2D eigenvalue weighted by molar-refractivity contribution is -0.114. The number of nitrogens with one attached hydrogen (secondary N) is 1. The monoisotopic (exact) mass is 463 g/mol. The van der Waals surface area contributed by atoms with Crippen LogP contribution in [0.15, 0.2) is 64.9 Å². The average molecular weight is 463 g/mol. The van der Waals surface area contributed by atoms with Crippen LogP contribution in [0.5, 0.6) is 23.0 Å². The molecule has 9 nitrogen and oxygen atoms in total. The average Bonchev–Trinajstić information content (AvgIpc) is 3.22. The van der Waals surface area contributed by atoms with E-state index in [1.54, 1.807) is 51.5 Å². The molecule has 2 aliphatic heterocycles. The maximum atomic E-state index is 12.4. The Labute approximate surface area is 197 Å². The lowest BCUT2D eigenvalue weighted by atomic mass is 10.1. The third-order valence-electron chi connectivity index (χ3n) is 5.04. The first-order valence-electron chi connectivity index (χ1n) is 10.7. The second-order valence-electron chi connectivity index (χ2n) is 7.46. The molecule has 0 radical (unpaired) electrons. The number of carbonyl (C=O) groups excluding carboxylic acids is 1. The Morgan fingerprint density at radius 3 is 2.62 bits per heavy atom. The molecule has 0 spiro atoms. The molecule has 0 aliphatic carbocycles. The van der Waals surface area contributed by atoms with Crippen molar-refractivity contribution in [1.82, 2.24) is 5.06 Å². The Kier molecular flexibility index (Phi) is 6.82. The molecule has 2 heterocycles. The van der Waals surface area contributed by atoms with Gasteiger partial charge in [0.2, 0.25) is 0 Å². The number of ether oxygens (including phenoxy) is 4. The number of amidine groups is 2. The standard InChI is InChI=1S/C25H25N3O6/c1-16-12-23-27-25(29)20(24(26)28(23)34-16)13-17-8-9-21(22(14-17)31-3)33-11-5-10-32-19-7-4-6-18(15-19)30-2/h4,6-9,12-15,26H,5,10-11H2,1-3H3/b20-13-,26-24?. The SMILES string of the molecule is COc1cccc(OCCCOc2ccc(/C=C3/C(=N)N4OC(C)=CC4=NC3=O)cc2OC)c1. The molecule has 9 heteroatoms. The smallest absolute Gasteiger partial charge is 0.282 e. The molecule has 0 atom stereocenters. The van der Waals surface area contributed by atoms with Crippen LogP contribution >= 0.6 is 0 Å². The lowest BCUT2D eigenvalue weighted by Crippen LogP contribution is -2.38. The molecule has 2 aliphatic rings. The molecule has 176 valence electrons. The van der Waals surface area contributed by atoms with Gasteiger partial charge in [-0.2, -0.15) is 4.99 Å². The summed E-state index contributed by atoms with van der Waals surface area (Å²) in [6, 6.07) is 12.7. The second kappa shape index (κ2) is 10.1. The minimum absolute atomic E-state index is 0.0709. The molecule has 34 heavy (non-hydrogen) atoms. The Morgan fingerprint density at radius 2 is 1.82 bits per heavy atom. The van der Waals surface area contributed by atoms with Crippen LogP contribution in [0.4, 0.5) is 0 Å². The van der Waals surface area contributed by atoms with Crippen molar-refractivity contribution in [2.45, 2.75) is 13.3 Å². The summed E-state index contributed by atoms with van der Waals surface area (Å²) in [6.45, 7) is 2.65. The molecule has 1 N–H and O–H groups in total. The van der Waals surface area contributed by atoms with E-state index >= 15 is 0 Å². The van der Waals surface area contributed by atoms with Crippen LogP contribution in [-0.4, -0.2) is 50.1 Å². The summed E-state index contributed by atoms with van der Waals surface area (Å²) in [4.78, 5) is 21.9. The van der Waals surface area contributed by atoms with E-state index in [2.05, 4.69) is 4.99 Å². The maximum absolute atomic E-state index is 12.4. The fraction of sp³-hybridized carbons (Fsp3) is 0.240. The fourth-order valence-electron chi connectivity index (χ4n) is 3.38. The number of methoxy groups -OCH3 is 2. The molecule has 1 amide bonds. The number of fused-ring (bicyclic) bond motifs is 1. The van der Waals surface area contributed by atoms with Crippen molar-refractivity contribution in [2.24, 2.45) is 4.99 Å². The molecule has 0 saturated heterocycles. The molecule has 0 saturated carbocycles. The highest BCUT2D eigenvalue weighted by Crippen LogP contribution is 2.30. The number of rotatable bonds is 9. The van der Waals surface area contributed by atoms with Gasteiger partial charge in [-0.15, -0.1) is 5.06 Å². The van der Waals surface area contributed by atoms with Gasteiger partial charge in [0.25, 0.3) is 5.91 Å². The summed E-state index contributed by atoms with van der Waals surface area (Å²) in [5.74, 6) is 2.86. The summed E-state index contributed by atoms with van der Waals surface area (Å²) >= 11 is 0. The number of allylic oxidation sites excluding steroid dienone is 1. The molecule has 4 rings (SSSR count). The van der Waals surface area contributed by atoms with E-state index in [9.17, 15) is 4.79 Å². The van der Waals surface area contributed by atoms with Crippen molar-refractivity contribution in [1.29, 1.82) is 5.41 Å². The van der Waals surface area contributed by atoms with Gasteiger partial charge in [-0.05, 0) is 42.8 Å². The minimum Gasteiger partial charge on any atom is -0.497 e. The van der Waals surface area contributed by atoms with Crippen molar-refractivity contribution < 1.29 is 28.6 Å². The highest BCUT2D eigenvalue weighted by atomic mass is 16.7. The molecule has 0 bridgehead atoms. The van der Waals surface area contributed by atoms with Gasteiger partial charge in [-0.1, -0.05) is 12.1 Å². The molecule has 0 unspecified atom stereocenters. The molecular weight excluding hydrogens is 438 g/mol.